The van der Waals surface area contributed by atoms with Crippen LogP contribution in [0.3, 0.4) is 0 Å². The lowest BCUT2D eigenvalue weighted by Crippen LogP contribution is -2.23. The molecule has 0 aliphatic rings. The zero-order valence-corrected chi connectivity index (χ0v) is 18.2. The SMILES string of the molecule is Cc1cc(C)n2nc(SCc3ccccc3C(=O)NCc3ccc(Cl)cc3)nc2n1. The van der Waals surface area contributed by atoms with Crippen molar-refractivity contribution in [3.63, 3.8) is 0 Å². The van der Waals surface area contributed by atoms with Crippen LogP contribution in [-0.2, 0) is 12.3 Å². The van der Waals surface area contributed by atoms with Crippen molar-refractivity contribution in [1.29, 1.82) is 0 Å². The van der Waals surface area contributed by atoms with Crippen molar-refractivity contribution in [3.8, 4) is 0 Å². The van der Waals surface area contributed by atoms with E-state index in [1.54, 1.807) is 4.52 Å². The summed E-state index contributed by atoms with van der Waals surface area (Å²) in [6.07, 6.45) is 0. The standard InChI is InChI=1S/C22H20ClN5OS/c1-14-11-15(2)28-21(25-14)26-22(27-28)30-13-17-5-3-4-6-19(17)20(29)24-12-16-7-9-18(23)10-8-16/h3-11H,12-13H2,1-2H3,(H,24,29). The number of amides is 1. The minimum absolute atomic E-state index is 0.114. The molecule has 0 unspecified atom stereocenters. The summed E-state index contributed by atoms with van der Waals surface area (Å²) >= 11 is 7.40. The molecule has 1 amide bonds. The topological polar surface area (TPSA) is 72.2 Å². The first-order valence-corrected chi connectivity index (χ1v) is 10.8. The Morgan fingerprint density at radius 2 is 1.87 bits per heavy atom. The number of halogens is 1. The van der Waals surface area contributed by atoms with Gasteiger partial charge in [-0.2, -0.15) is 4.98 Å². The van der Waals surface area contributed by atoms with Gasteiger partial charge in [0.15, 0.2) is 0 Å². The van der Waals surface area contributed by atoms with Crippen molar-refractivity contribution in [2.45, 2.75) is 31.3 Å². The Hall–Kier alpha value is -2.90. The highest BCUT2D eigenvalue weighted by Gasteiger charge is 2.13. The van der Waals surface area contributed by atoms with Crippen molar-refractivity contribution >= 4 is 35.0 Å². The summed E-state index contributed by atoms with van der Waals surface area (Å²) in [7, 11) is 0. The van der Waals surface area contributed by atoms with Gasteiger partial charge in [0.2, 0.25) is 5.16 Å². The number of carbonyl (C=O) groups is 1. The molecule has 0 saturated heterocycles. The highest BCUT2D eigenvalue weighted by molar-refractivity contribution is 7.98. The van der Waals surface area contributed by atoms with E-state index in [1.165, 1.54) is 11.8 Å². The molecule has 4 aromatic rings. The van der Waals surface area contributed by atoms with Gasteiger partial charge in [-0.05, 0) is 49.2 Å². The fourth-order valence-corrected chi connectivity index (χ4v) is 4.05. The van der Waals surface area contributed by atoms with Crippen LogP contribution in [0, 0.1) is 13.8 Å². The van der Waals surface area contributed by atoms with Crippen LogP contribution < -0.4 is 5.32 Å². The molecule has 0 radical (unpaired) electrons. The molecule has 4 rings (SSSR count). The van der Waals surface area contributed by atoms with E-state index in [4.69, 9.17) is 11.6 Å². The van der Waals surface area contributed by atoms with Crippen molar-refractivity contribution in [3.05, 3.63) is 87.7 Å². The molecule has 0 saturated carbocycles. The predicted octanol–water partition coefficient (Wildman–Crippen LogP) is 4.62. The number of aryl methyl sites for hydroxylation is 2. The monoisotopic (exact) mass is 437 g/mol. The molecule has 0 aliphatic heterocycles. The van der Waals surface area contributed by atoms with Crippen LogP contribution in [0.5, 0.6) is 0 Å². The highest BCUT2D eigenvalue weighted by atomic mass is 35.5. The maximum Gasteiger partial charge on any atom is 0.253 e. The summed E-state index contributed by atoms with van der Waals surface area (Å²) in [4.78, 5) is 21.7. The van der Waals surface area contributed by atoms with E-state index in [0.29, 0.717) is 33.8 Å². The fourth-order valence-electron chi connectivity index (χ4n) is 3.10. The van der Waals surface area contributed by atoms with E-state index >= 15 is 0 Å². The minimum atomic E-state index is -0.114. The third-order valence-corrected chi connectivity index (χ3v) is 5.72. The molecule has 0 spiro atoms. The third-order valence-electron chi connectivity index (χ3n) is 4.58. The zero-order valence-electron chi connectivity index (χ0n) is 16.6. The number of rotatable bonds is 6. The Morgan fingerprint density at radius 3 is 2.67 bits per heavy atom. The van der Waals surface area contributed by atoms with Crippen LogP contribution in [0.15, 0.2) is 59.8 Å². The van der Waals surface area contributed by atoms with Crippen molar-refractivity contribution in [2.75, 3.05) is 0 Å². The van der Waals surface area contributed by atoms with E-state index in [0.717, 1.165) is 22.5 Å². The van der Waals surface area contributed by atoms with Gasteiger partial charge in [-0.25, -0.2) is 9.50 Å². The molecule has 0 aliphatic carbocycles. The van der Waals surface area contributed by atoms with Gasteiger partial charge in [-0.1, -0.05) is 53.7 Å². The number of fused-ring (bicyclic) bond motifs is 1. The molecule has 2 heterocycles. The first-order valence-electron chi connectivity index (χ1n) is 9.44. The Balaban J connectivity index is 1.46. The summed E-state index contributed by atoms with van der Waals surface area (Å²) < 4.78 is 1.74. The van der Waals surface area contributed by atoms with E-state index in [-0.39, 0.29) is 5.91 Å². The average Bonchev–Trinajstić information content (AvgIpc) is 3.15. The number of hydrogen-bond acceptors (Lipinski definition) is 5. The molecule has 152 valence electrons. The largest absolute Gasteiger partial charge is 0.348 e. The summed E-state index contributed by atoms with van der Waals surface area (Å²) in [5.74, 6) is 1.06. The van der Waals surface area contributed by atoms with Gasteiger partial charge in [0.1, 0.15) is 0 Å². The number of carbonyl (C=O) groups excluding carboxylic acids is 1. The zero-order chi connectivity index (χ0) is 21.1. The lowest BCUT2D eigenvalue weighted by atomic mass is 10.1. The van der Waals surface area contributed by atoms with E-state index in [2.05, 4.69) is 20.4 Å². The van der Waals surface area contributed by atoms with Gasteiger partial charge in [0.05, 0.1) is 0 Å². The summed E-state index contributed by atoms with van der Waals surface area (Å²) in [5, 5.41) is 8.80. The number of aromatic nitrogens is 4. The lowest BCUT2D eigenvalue weighted by molar-refractivity contribution is 0.0950. The average molecular weight is 438 g/mol. The Morgan fingerprint density at radius 1 is 1.10 bits per heavy atom. The molecule has 0 bridgehead atoms. The molecule has 0 atom stereocenters. The minimum Gasteiger partial charge on any atom is -0.348 e. The van der Waals surface area contributed by atoms with Gasteiger partial charge in [-0.15, -0.1) is 5.10 Å². The van der Waals surface area contributed by atoms with Crippen molar-refractivity contribution in [2.24, 2.45) is 0 Å². The van der Waals surface area contributed by atoms with Crippen LogP contribution >= 0.6 is 23.4 Å². The second-order valence-corrected chi connectivity index (χ2v) is 8.28. The van der Waals surface area contributed by atoms with Gasteiger partial charge in [-0.3, -0.25) is 4.79 Å². The van der Waals surface area contributed by atoms with Crippen LogP contribution in [0.25, 0.3) is 5.78 Å². The first-order chi connectivity index (χ1) is 14.5. The van der Waals surface area contributed by atoms with Crippen LogP contribution in [0.2, 0.25) is 5.02 Å². The molecule has 0 fully saturated rings. The van der Waals surface area contributed by atoms with Crippen LogP contribution in [0.1, 0.15) is 32.9 Å². The maximum absolute atomic E-state index is 12.7. The van der Waals surface area contributed by atoms with Crippen LogP contribution in [0.4, 0.5) is 0 Å². The molecule has 2 aromatic heterocycles. The summed E-state index contributed by atoms with van der Waals surface area (Å²) in [6.45, 7) is 4.36. The number of thioether (sulfide) groups is 1. The Kier molecular flexibility index (Phi) is 6.01. The molecular formula is C22H20ClN5OS. The smallest absolute Gasteiger partial charge is 0.253 e. The second kappa shape index (κ2) is 8.85. The van der Waals surface area contributed by atoms with Crippen molar-refractivity contribution < 1.29 is 4.79 Å². The molecule has 1 N–H and O–H groups in total. The number of nitrogens with one attached hydrogen (secondary N) is 1. The third kappa shape index (κ3) is 4.63. The fraction of sp³-hybridized carbons (Fsp3) is 0.182. The quantitative estimate of drug-likeness (QED) is 0.446. The molecular weight excluding hydrogens is 418 g/mol. The molecule has 8 heteroatoms. The normalized spacial score (nSPS) is 11.0. The molecule has 30 heavy (non-hydrogen) atoms. The van der Waals surface area contributed by atoms with Crippen LogP contribution in [-0.4, -0.2) is 25.5 Å². The van der Waals surface area contributed by atoms with Gasteiger partial charge in [0, 0.05) is 34.3 Å². The first kappa shape index (κ1) is 20.4. The summed E-state index contributed by atoms with van der Waals surface area (Å²) in [6, 6.07) is 17.0. The van der Waals surface area contributed by atoms with E-state index in [9.17, 15) is 4.79 Å². The number of hydrogen-bond donors (Lipinski definition) is 1. The Labute approximate surface area is 183 Å². The van der Waals surface area contributed by atoms with Crippen molar-refractivity contribution in [1.82, 2.24) is 24.9 Å². The predicted molar refractivity (Wildman–Crippen MR) is 119 cm³/mol. The highest BCUT2D eigenvalue weighted by Crippen LogP contribution is 2.23. The summed E-state index contributed by atoms with van der Waals surface area (Å²) in [5.41, 5.74) is 4.46. The molecule has 2 aromatic carbocycles. The number of benzene rings is 2. The number of nitrogens with zero attached hydrogens (tertiary/aromatic N) is 4. The molecule has 6 nitrogen and oxygen atoms in total. The van der Waals surface area contributed by atoms with Gasteiger partial charge in [0.25, 0.3) is 11.7 Å². The van der Waals surface area contributed by atoms with E-state index < -0.39 is 0 Å². The van der Waals surface area contributed by atoms with E-state index in [1.807, 2.05) is 68.4 Å². The lowest BCUT2D eigenvalue weighted by Gasteiger charge is -2.09. The Bertz CT molecular complexity index is 1210. The van der Waals surface area contributed by atoms with Gasteiger partial charge < -0.3 is 5.32 Å². The van der Waals surface area contributed by atoms with Gasteiger partial charge >= 0.3 is 0 Å². The second-order valence-electron chi connectivity index (χ2n) is 6.90. The maximum atomic E-state index is 12.7.